The number of halogens is 1. The van der Waals surface area contributed by atoms with Gasteiger partial charge >= 0.3 is 11.9 Å². The molecule has 0 amide bonds. The Kier molecular flexibility index (Phi) is 6.33. The molecule has 162 valence electrons. The number of Topliss-reactive ketones (excluding diaryl/α,β-unsaturated/α-hetero) is 1. The number of rotatable bonds is 4. The van der Waals surface area contributed by atoms with E-state index in [9.17, 15) is 18.8 Å². The molecule has 0 radical (unpaired) electrons. The first-order valence-corrected chi connectivity index (χ1v) is 9.62. The Hall–Kier alpha value is -3.75. The molecule has 1 unspecified atom stereocenters. The number of H-pyrrole nitrogens is 1. The number of hydrogen-bond acceptors (Lipinski definition) is 4. The average Bonchev–Trinajstić information content (AvgIpc) is 3.24. The number of aromatic amines is 1. The Labute approximate surface area is 177 Å². The van der Waals surface area contributed by atoms with Crippen LogP contribution in [0.4, 0.5) is 4.39 Å². The summed E-state index contributed by atoms with van der Waals surface area (Å²) in [4.78, 5) is 39.5. The van der Waals surface area contributed by atoms with E-state index in [1.807, 2.05) is 18.5 Å². The van der Waals surface area contributed by atoms with E-state index in [0.29, 0.717) is 24.1 Å². The third-order valence-corrected chi connectivity index (χ3v) is 5.37. The van der Waals surface area contributed by atoms with Crippen molar-refractivity contribution in [3.63, 3.8) is 0 Å². The Morgan fingerprint density at radius 1 is 1.29 bits per heavy atom. The van der Waals surface area contributed by atoms with Crippen LogP contribution in [0.15, 0.2) is 36.7 Å². The Balaban J connectivity index is 0.000000293. The molecule has 2 aromatic heterocycles. The number of nitrogens with zero attached hydrogens (tertiary/aromatic N) is 2. The van der Waals surface area contributed by atoms with E-state index < -0.39 is 11.9 Å². The maximum Gasteiger partial charge on any atom is 0.328 e. The van der Waals surface area contributed by atoms with Crippen molar-refractivity contribution in [1.29, 1.82) is 0 Å². The molecule has 8 nitrogen and oxygen atoms in total. The van der Waals surface area contributed by atoms with Crippen LogP contribution in [0, 0.1) is 18.7 Å². The fourth-order valence-electron chi connectivity index (χ4n) is 3.85. The zero-order valence-corrected chi connectivity index (χ0v) is 17.1. The number of ketones is 1. The van der Waals surface area contributed by atoms with Crippen molar-refractivity contribution in [2.45, 2.75) is 26.2 Å². The Morgan fingerprint density at radius 2 is 1.97 bits per heavy atom. The molecule has 31 heavy (non-hydrogen) atoms. The van der Waals surface area contributed by atoms with Gasteiger partial charge in [0.15, 0.2) is 5.78 Å². The minimum Gasteiger partial charge on any atom is -0.478 e. The number of carboxylic acids is 2. The zero-order valence-electron chi connectivity index (χ0n) is 17.1. The summed E-state index contributed by atoms with van der Waals surface area (Å²) in [5.41, 5.74) is 4.59. The minimum absolute atomic E-state index is 0.0848. The lowest BCUT2D eigenvalue weighted by atomic mass is 9.82. The van der Waals surface area contributed by atoms with Crippen LogP contribution < -0.4 is 0 Å². The first-order valence-electron chi connectivity index (χ1n) is 9.62. The number of aliphatic carboxylic acids is 2. The van der Waals surface area contributed by atoms with Gasteiger partial charge in [-0.05, 0) is 38.0 Å². The molecule has 0 bridgehead atoms. The van der Waals surface area contributed by atoms with Crippen LogP contribution in [0.3, 0.4) is 0 Å². The molecule has 0 fully saturated rings. The molecule has 2 heterocycles. The van der Waals surface area contributed by atoms with Gasteiger partial charge in [0.2, 0.25) is 0 Å². The normalized spacial score (nSPS) is 15.6. The highest BCUT2D eigenvalue weighted by atomic mass is 19.1. The van der Waals surface area contributed by atoms with Crippen LogP contribution in [0.5, 0.6) is 0 Å². The highest BCUT2D eigenvalue weighted by Gasteiger charge is 2.32. The van der Waals surface area contributed by atoms with Gasteiger partial charge in [0.1, 0.15) is 5.82 Å². The molecule has 1 atom stereocenters. The second-order valence-electron chi connectivity index (χ2n) is 7.33. The van der Waals surface area contributed by atoms with Crippen LogP contribution in [0.1, 0.15) is 33.9 Å². The summed E-state index contributed by atoms with van der Waals surface area (Å²) in [6, 6.07) is 4.68. The number of carbonyl (C=O) groups excluding carboxylic acids is 1. The van der Waals surface area contributed by atoms with E-state index in [2.05, 4.69) is 9.97 Å². The van der Waals surface area contributed by atoms with E-state index >= 15 is 0 Å². The fraction of sp³-hybridized carbons (Fsp3) is 0.273. The van der Waals surface area contributed by atoms with Gasteiger partial charge in [0, 0.05) is 59.4 Å². The molecule has 3 N–H and O–H groups in total. The summed E-state index contributed by atoms with van der Waals surface area (Å²) in [6.07, 6.45) is 5.06. The molecule has 1 aliphatic carbocycles. The summed E-state index contributed by atoms with van der Waals surface area (Å²) >= 11 is 0. The van der Waals surface area contributed by atoms with Crippen molar-refractivity contribution in [3.8, 4) is 0 Å². The fourth-order valence-corrected chi connectivity index (χ4v) is 3.85. The average molecular weight is 427 g/mol. The molecule has 4 rings (SSSR count). The van der Waals surface area contributed by atoms with Crippen molar-refractivity contribution in [2.75, 3.05) is 0 Å². The van der Waals surface area contributed by atoms with Crippen LogP contribution in [-0.4, -0.2) is 42.5 Å². The maximum atomic E-state index is 13.7. The highest BCUT2D eigenvalue weighted by molar-refractivity contribution is 6.11. The molecule has 3 aromatic rings. The number of carbonyl (C=O) groups is 3. The summed E-state index contributed by atoms with van der Waals surface area (Å²) < 4.78 is 15.7. The van der Waals surface area contributed by atoms with Gasteiger partial charge in [-0.1, -0.05) is 0 Å². The molecule has 9 heteroatoms. The number of hydrogen-bond donors (Lipinski definition) is 3. The van der Waals surface area contributed by atoms with Crippen molar-refractivity contribution in [3.05, 3.63) is 65.1 Å². The van der Waals surface area contributed by atoms with Gasteiger partial charge in [-0.15, -0.1) is 0 Å². The zero-order chi connectivity index (χ0) is 22.7. The minimum atomic E-state index is -1.26. The number of benzene rings is 1. The number of imidazole rings is 1. The first kappa shape index (κ1) is 21.9. The first-order chi connectivity index (χ1) is 14.7. The molecular weight excluding hydrogens is 405 g/mol. The molecule has 1 aromatic carbocycles. The maximum absolute atomic E-state index is 13.7. The molecule has 1 aliphatic rings. The molecule has 0 saturated carbocycles. The third-order valence-electron chi connectivity index (χ3n) is 5.37. The predicted octanol–water partition coefficient (Wildman–Crippen LogP) is 3.05. The topological polar surface area (TPSA) is 125 Å². The monoisotopic (exact) mass is 427 g/mol. The highest BCUT2D eigenvalue weighted by Crippen LogP contribution is 2.35. The van der Waals surface area contributed by atoms with E-state index in [1.165, 1.54) is 12.1 Å². The smallest absolute Gasteiger partial charge is 0.328 e. The van der Waals surface area contributed by atoms with Crippen molar-refractivity contribution in [2.24, 2.45) is 13.0 Å². The summed E-state index contributed by atoms with van der Waals surface area (Å²) in [7, 11) is 1.95. The van der Waals surface area contributed by atoms with Crippen molar-refractivity contribution < 1.29 is 29.0 Å². The van der Waals surface area contributed by atoms with Gasteiger partial charge < -0.3 is 19.8 Å². The van der Waals surface area contributed by atoms with Crippen molar-refractivity contribution in [1.82, 2.24) is 14.5 Å². The number of nitrogens with one attached hydrogen (secondary N) is 1. The van der Waals surface area contributed by atoms with Gasteiger partial charge in [0.25, 0.3) is 0 Å². The van der Waals surface area contributed by atoms with E-state index in [-0.39, 0.29) is 17.5 Å². The quantitative estimate of drug-likeness (QED) is 0.550. The van der Waals surface area contributed by atoms with Crippen LogP contribution >= 0.6 is 0 Å². The third kappa shape index (κ3) is 4.71. The number of aryl methyl sites for hydroxylation is 2. The van der Waals surface area contributed by atoms with Gasteiger partial charge in [-0.2, -0.15) is 0 Å². The molecular formula is C22H22FN3O5. The number of aromatic nitrogens is 3. The number of fused-ring (bicyclic) bond motifs is 3. The lowest BCUT2D eigenvalue weighted by Crippen LogP contribution is -2.25. The number of carboxylic acid groups (broad SMARTS) is 2. The van der Waals surface area contributed by atoms with Gasteiger partial charge in [-0.25, -0.2) is 19.0 Å². The summed E-state index contributed by atoms with van der Waals surface area (Å²) in [5.74, 6) is -2.79. The van der Waals surface area contributed by atoms with Crippen LogP contribution in [-0.2, 0) is 29.5 Å². The second kappa shape index (κ2) is 8.95. The van der Waals surface area contributed by atoms with E-state index in [1.54, 1.807) is 12.4 Å². The largest absolute Gasteiger partial charge is 0.478 e. The molecule has 0 saturated heterocycles. The Bertz CT molecular complexity index is 1180. The lowest BCUT2D eigenvalue weighted by molar-refractivity contribution is -0.134. The van der Waals surface area contributed by atoms with Crippen LogP contribution in [0.25, 0.3) is 10.9 Å². The second-order valence-corrected chi connectivity index (χ2v) is 7.33. The molecule has 0 aliphatic heterocycles. The molecule has 0 spiro atoms. The standard InChI is InChI=1S/C18H18FN3O.C4H4O4/c1-10-14(21-9-20-10)7-11-3-5-16-17(18(11)23)13-8-12(19)4-6-15(13)22(16)2;5-3(6)1-2-4(7)8/h4,6,8-9,11H,3,5,7H2,1-2H3,(H,20,21);1-2H,(H,5,6)(H,7,8)/b;2-1-. The lowest BCUT2D eigenvalue weighted by Gasteiger charge is -2.21. The SMILES string of the molecule is Cc1[nH]cnc1CC1CCc2c(c3cc(F)ccc3n2C)C1=O.O=C(O)/C=C\C(=O)O. The van der Waals surface area contributed by atoms with E-state index in [0.717, 1.165) is 40.8 Å². The van der Waals surface area contributed by atoms with Gasteiger partial charge in [0.05, 0.1) is 12.0 Å². The predicted molar refractivity (Wildman–Crippen MR) is 110 cm³/mol. The van der Waals surface area contributed by atoms with Crippen molar-refractivity contribution >= 4 is 28.6 Å². The summed E-state index contributed by atoms with van der Waals surface area (Å²) in [5, 5.41) is 16.4. The van der Waals surface area contributed by atoms with Crippen LogP contribution in [0.2, 0.25) is 0 Å². The Morgan fingerprint density at radius 3 is 2.55 bits per heavy atom. The van der Waals surface area contributed by atoms with Gasteiger partial charge in [-0.3, -0.25) is 4.79 Å². The summed E-state index contributed by atoms with van der Waals surface area (Å²) in [6.45, 7) is 1.97. The van der Waals surface area contributed by atoms with E-state index in [4.69, 9.17) is 10.2 Å².